The van der Waals surface area contributed by atoms with E-state index in [9.17, 15) is 0 Å². The Morgan fingerprint density at radius 3 is 2.60 bits per heavy atom. The van der Waals surface area contributed by atoms with Crippen molar-refractivity contribution in [3.8, 4) is 0 Å². The summed E-state index contributed by atoms with van der Waals surface area (Å²) in [4.78, 5) is 0. The van der Waals surface area contributed by atoms with Crippen LogP contribution in [0.3, 0.4) is 0 Å². The highest BCUT2D eigenvalue weighted by Gasteiger charge is 1.94. The number of benzene rings is 1. The van der Waals surface area contributed by atoms with Crippen LogP contribution in [0.1, 0.15) is 5.56 Å². The van der Waals surface area contributed by atoms with Gasteiger partial charge in [-0.25, -0.2) is 0 Å². The lowest BCUT2D eigenvalue weighted by atomic mass is 10.2. The molecule has 0 saturated heterocycles. The third kappa shape index (κ3) is 1.42. The van der Waals surface area contributed by atoms with Gasteiger partial charge >= 0.3 is 0 Å². The second-order valence-electron chi connectivity index (χ2n) is 2.21. The summed E-state index contributed by atoms with van der Waals surface area (Å²) in [7, 11) is 1.89. The van der Waals surface area contributed by atoms with Crippen molar-refractivity contribution in [2.24, 2.45) is 0 Å². The Kier molecular flexibility index (Phi) is 2.17. The molecule has 1 aromatic carbocycles. The lowest BCUT2D eigenvalue weighted by molar-refractivity contribution is 1.41. The first-order valence-corrected chi connectivity index (χ1v) is 3.55. The predicted molar refractivity (Wildman–Crippen MR) is 45.7 cm³/mol. The number of hydrogen-bond donors (Lipinski definition) is 1. The summed E-state index contributed by atoms with van der Waals surface area (Å²) in [5.74, 6) is 0. The van der Waals surface area contributed by atoms with Gasteiger partial charge in [0.1, 0.15) is 0 Å². The minimum atomic E-state index is 0.773. The summed E-state index contributed by atoms with van der Waals surface area (Å²) in [6, 6.07) is 5.79. The van der Waals surface area contributed by atoms with Crippen LogP contribution in [0.2, 0.25) is 5.02 Å². The van der Waals surface area contributed by atoms with Crippen molar-refractivity contribution in [1.82, 2.24) is 0 Å². The topological polar surface area (TPSA) is 12.0 Å². The van der Waals surface area contributed by atoms with Crippen molar-refractivity contribution in [2.75, 3.05) is 12.4 Å². The number of halogens is 1. The molecule has 2 heteroatoms. The van der Waals surface area contributed by atoms with Crippen LogP contribution in [0, 0.1) is 6.92 Å². The lowest BCUT2D eigenvalue weighted by Crippen LogP contribution is -1.90. The monoisotopic (exact) mass is 155 g/mol. The zero-order valence-electron chi connectivity index (χ0n) is 6.11. The zero-order chi connectivity index (χ0) is 7.56. The van der Waals surface area contributed by atoms with Gasteiger partial charge < -0.3 is 5.32 Å². The molecular formula is C8H10ClN. The Balaban J connectivity index is 3.09. The fourth-order valence-electron chi connectivity index (χ4n) is 0.864. The molecule has 0 aliphatic heterocycles. The van der Waals surface area contributed by atoms with Crippen LogP contribution in [-0.2, 0) is 0 Å². The van der Waals surface area contributed by atoms with Crippen molar-refractivity contribution in [3.05, 3.63) is 28.8 Å². The molecule has 1 rings (SSSR count). The average Bonchev–Trinajstić information content (AvgIpc) is 1.94. The third-order valence-electron chi connectivity index (χ3n) is 1.47. The minimum absolute atomic E-state index is 0.773. The van der Waals surface area contributed by atoms with Gasteiger partial charge in [-0.3, -0.25) is 0 Å². The molecule has 0 atom stereocenters. The molecule has 0 saturated carbocycles. The molecule has 0 amide bonds. The van der Waals surface area contributed by atoms with E-state index in [0.717, 1.165) is 10.7 Å². The highest BCUT2D eigenvalue weighted by atomic mass is 35.5. The third-order valence-corrected chi connectivity index (χ3v) is 1.70. The van der Waals surface area contributed by atoms with Gasteiger partial charge in [0.25, 0.3) is 0 Å². The van der Waals surface area contributed by atoms with Gasteiger partial charge in [-0.1, -0.05) is 17.7 Å². The van der Waals surface area contributed by atoms with E-state index in [-0.39, 0.29) is 0 Å². The van der Waals surface area contributed by atoms with E-state index in [1.54, 1.807) is 0 Å². The Labute approximate surface area is 66.0 Å². The van der Waals surface area contributed by atoms with Crippen LogP contribution in [0.5, 0.6) is 0 Å². The van der Waals surface area contributed by atoms with E-state index in [1.807, 2.05) is 32.2 Å². The number of anilines is 1. The van der Waals surface area contributed by atoms with Gasteiger partial charge in [0, 0.05) is 17.8 Å². The maximum Gasteiger partial charge on any atom is 0.0426 e. The first-order chi connectivity index (χ1) is 4.74. The molecule has 1 N–H and O–H groups in total. The minimum Gasteiger partial charge on any atom is -0.388 e. The van der Waals surface area contributed by atoms with Gasteiger partial charge in [-0.05, 0) is 24.6 Å². The molecule has 0 unspecified atom stereocenters. The second-order valence-corrected chi connectivity index (χ2v) is 2.65. The van der Waals surface area contributed by atoms with Gasteiger partial charge in [0.2, 0.25) is 0 Å². The number of rotatable bonds is 1. The highest BCUT2D eigenvalue weighted by molar-refractivity contribution is 6.30. The van der Waals surface area contributed by atoms with E-state index in [0.29, 0.717) is 0 Å². The standard InChI is InChI=1S/C8H10ClN/c1-6-3-4-7(9)5-8(6)10-2/h3-5,10H,1-2H3. The molecule has 0 spiro atoms. The largest absolute Gasteiger partial charge is 0.388 e. The second kappa shape index (κ2) is 2.93. The Hall–Kier alpha value is -0.690. The smallest absolute Gasteiger partial charge is 0.0426 e. The Morgan fingerprint density at radius 2 is 2.10 bits per heavy atom. The van der Waals surface area contributed by atoms with Gasteiger partial charge in [-0.2, -0.15) is 0 Å². The van der Waals surface area contributed by atoms with E-state index >= 15 is 0 Å². The average molecular weight is 156 g/mol. The fraction of sp³-hybridized carbons (Fsp3) is 0.250. The summed E-state index contributed by atoms with van der Waals surface area (Å²) in [5.41, 5.74) is 2.31. The first-order valence-electron chi connectivity index (χ1n) is 3.18. The fourth-order valence-corrected chi connectivity index (χ4v) is 1.04. The van der Waals surface area contributed by atoms with Crippen molar-refractivity contribution in [2.45, 2.75) is 6.92 Å². The summed E-state index contributed by atoms with van der Waals surface area (Å²) < 4.78 is 0. The summed E-state index contributed by atoms with van der Waals surface area (Å²) in [6.45, 7) is 2.04. The van der Waals surface area contributed by atoms with Crippen LogP contribution >= 0.6 is 11.6 Å². The number of nitrogens with one attached hydrogen (secondary N) is 1. The maximum atomic E-state index is 5.76. The molecular weight excluding hydrogens is 146 g/mol. The maximum absolute atomic E-state index is 5.76. The summed E-state index contributed by atoms with van der Waals surface area (Å²) in [6.07, 6.45) is 0. The first kappa shape index (κ1) is 7.42. The lowest BCUT2D eigenvalue weighted by Gasteiger charge is -2.03. The van der Waals surface area contributed by atoms with Crippen molar-refractivity contribution < 1.29 is 0 Å². The van der Waals surface area contributed by atoms with Crippen LogP contribution in [0.15, 0.2) is 18.2 Å². The molecule has 0 fully saturated rings. The van der Waals surface area contributed by atoms with Crippen molar-refractivity contribution in [3.63, 3.8) is 0 Å². The molecule has 1 nitrogen and oxygen atoms in total. The van der Waals surface area contributed by atoms with Gasteiger partial charge in [0.05, 0.1) is 0 Å². The molecule has 54 valence electrons. The molecule has 10 heavy (non-hydrogen) atoms. The summed E-state index contributed by atoms with van der Waals surface area (Å²) >= 11 is 5.76. The molecule has 0 aromatic heterocycles. The number of aryl methyl sites for hydroxylation is 1. The molecule has 0 aliphatic carbocycles. The van der Waals surface area contributed by atoms with E-state index in [2.05, 4.69) is 5.32 Å². The molecule has 0 radical (unpaired) electrons. The van der Waals surface area contributed by atoms with E-state index in [1.165, 1.54) is 5.56 Å². The Morgan fingerprint density at radius 1 is 1.40 bits per heavy atom. The van der Waals surface area contributed by atoms with Crippen LogP contribution in [0.4, 0.5) is 5.69 Å². The van der Waals surface area contributed by atoms with E-state index in [4.69, 9.17) is 11.6 Å². The summed E-state index contributed by atoms with van der Waals surface area (Å²) in [5, 5.41) is 3.82. The highest BCUT2D eigenvalue weighted by Crippen LogP contribution is 2.18. The molecule has 0 aliphatic rings. The van der Waals surface area contributed by atoms with Crippen molar-refractivity contribution >= 4 is 17.3 Å². The number of hydrogen-bond acceptors (Lipinski definition) is 1. The van der Waals surface area contributed by atoms with Gasteiger partial charge in [0.15, 0.2) is 0 Å². The van der Waals surface area contributed by atoms with Gasteiger partial charge in [-0.15, -0.1) is 0 Å². The predicted octanol–water partition coefficient (Wildman–Crippen LogP) is 2.69. The molecule has 0 bridgehead atoms. The SMILES string of the molecule is CNc1cc(Cl)ccc1C. The Bertz CT molecular complexity index is 233. The molecule has 1 aromatic rings. The molecule has 0 heterocycles. The normalized spacial score (nSPS) is 9.50. The quantitative estimate of drug-likeness (QED) is 0.658. The van der Waals surface area contributed by atoms with Crippen LogP contribution in [0.25, 0.3) is 0 Å². The van der Waals surface area contributed by atoms with E-state index < -0.39 is 0 Å². The van der Waals surface area contributed by atoms with Crippen LogP contribution in [-0.4, -0.2) is 7.05 Å². The van der Waals surface area contributed by atoms with Crippen molar-refractivity contribution in [1.29, 1.82) is 0 Å². The van der Waals surface area contributed by atoms with Crippen LogP contribution < -0.4 is 5.32 Å². The zero-order valence-corrected chi connectivity index (χ0v) is 6.87.